The summed E-state index contributed by atoms with van der Waals surface area (Å²) in [5.41, 5.74) is 2.24. The van der Waals surface area contributed by atoms with E-state index in [1.807, 2.05) is 37.3 Å². The van der Waals surface area contributed by atoms with Gasteiger partial charge in [-0.15, -0.1) is 0 Å². The normalized spacial score (nSPS) is 16.0. The number of hydrogen-bond acceptors (Lipinski definition) is 3. The highest BCUT2D eigenvalue weighted by Gasteiger charge is 2.21. The highest BCUT2D eigenvalue weighted by Crippen LogP contribution is 2.20. The lowest BCUT2D eigenvalue weighted by Gasteiger charge is -2.22. The molecule has 0 heterocycles. The van der Waals surface area contributed by atoms with E-state index < -0.39 is 10.0 Å². The Balaban J connectivity index is 1.42. The van der Waals surface area contributed by atoms with Gasteiger partial charge in [-0.2, -0.15) is 0 Å². The molecule has 2 aromatic carbocycles. The molecule has 1 aliphatic rings. The topological polar surface area (TPSA) is 75.3 Å². The van der Waals surface area contributed by atoms with E-state index in [0.29, 0.717) is 17.7 Å². The second kappa shape index (κ2) is 11.4. The molecular weight excluding hydrogens is 408 g/mol. The van der Waals surface area contributed by atoms with Crippen LogP contribution in [0.1, 0.15) is 63.0 Å². The minimum Gasteiger partial charge on any atom is -0.354 e. The number of nitrogens with one attached hydrogen (secondary N) is 2. The highest BCUT2D eigenvalue weighted by atomic mass is 32.2. The molecule has 2 N–H and O–H groups in total. The fourth-order valence-corrected chi connectivity index (χ4v) is 5.35. The van der Waals surface area contributed by atoms with Gasteiger partial charge >= 0.3 is 0 Å². The summed E-state index contributed by atoms with van der Waals surface area (Å²) >= 11 is 0. The SMILES string of the molecule is C[C@H](CCc1ccccc1)NC(=O)CCc1ccc(S(=O)(=O)NC2CCCCC2)cc1. The number of benzene rings is 2. The lowest BCUT2D eigenvalue weighted by Crippen LogP contribution is -2.36. The quantitative estimate of drug-likeness (QED) is 0.574. The number of hydrogen-bond donors (Lipinski definition) is 2. The molecule has 2 aromatic rings. The van der Waals surface area contributed by atoms with Crippen molar-refractivity contribution in [1.29, 1.82) is 0 Å². The summed E-state index contributed by atoms with van der Waals surface area (Å²) in [6.07, 6.45) is 8.00. The van der Waals surface area contributed by atoms with Crippen molar-refractivity contribution < 1.29 is 13.2 Å². The molecule has 3 rings (SSSR count). The van der Waals surface area contributed by atoms with Crippen molar-refractivity contribution in [2.45, 2.75) is 81.7 Å². The summed E-state index contributed by atoms with van der Waals surface area (Å²) in [4.78, 5) is 12.6. The second-order valence-electron chi connectivity index (χ2n) is 8.59. The van der Waals surface area contributed by atoms with Crippen molar-refractivity contribution in [1.82, 2.24) is 10.0 Å². The van der Waals surface area contributed by atoms with Crippen LogP contribution in [-0.4, -0.2) is 26.4 Å². The molecule has 0 saturated heterocycles. The second-order valence-corrected chi connectivity index (χ2v) is 10.3. The highest BCUT2D eigenvalue weighted by molar-refractivity contribution is 7.89. The van der Waals surface area contributed by atoms with Crippen molar-refractivity contribution in [3.8, 4) is 0 Å². The monoisotopic (exact) mass is 442 g/mol. The Morgan fingerprint density at radius 1 is 0.935 bits per heavy atom. The van der Waals surface area contributed by atoms with Gasteiger partial charge in [0.1, 0.15) is 0 Å². The minimum atomic E-state index is -3.48. The molecule has 5 nitrogen and oxygen atoms in total. The average molecular weight is 443 g/mol. The molecule has 0 aromatic heterocycles. The zero-order valence-electron chi connectivity index (χ0n) is 18.3. The zero-order chi connectivity index (χ0) is 22.1. The summed E-state index contributed by atoms with van der Waals surface area (Å²) in [6.45, 7) is 2.03. The van der Waals surface area contributed by atoms with Gasteiger partial charge in [0.05, 0.1) is 4.90 Å². The van der Waals surface area contributed by atoms with Crippen molar-refractivity contribution in [3.63, 3.8) is 0 Å². The molecule has 1 saturated carbocycles. The minimum absolute atomic E-state index is 0.0243. The van der Waals surface area contributed by atoms with Gasteiger partial charge in [-0.1, -0.05) is 61.7 Å². The van der Waals surface area contributed by atoms with Crippen LogP contribution in [0.15, 0.2) is 59.5 Å². The molecule has 31 heavy (non-hydrogen) atoms. The van der Waals surface area contributed by atoms with E-state index in [9.17, 15) is 13.2 Å². The summed E-state index contributed by atoms with van der Waals surface area (Å²) in [7, 11) is -3.48. The molecule has 1 atom stereocenters. The maximum absolute atomic E-state index is 12.6. The fourth-order valence-electron chi connectivity index (χ4n) is 4.05. The predicted octanol–water partition coefficient (Wildman–Crippen LogP) is 4.37. The van der Waals surface area contributed by atoms with Gasteiger partial charge < -0.3 is 5.32 Å². The summed E-state index contributed by atoms with van der Waals surface area (Å²) in [6, 6.07) is 17.3. The van der Waals surface area contributed by atoms with Gasteiger partial charge in [0, 0.05) is 18.5 Å². The van der Waals surface area contributed by atoms with Gasteiger partial charge in [0.15, 0.2) is 0 Å². The maximum atomic E-state index is 12.6. The van der Waals surface area contributed by atoms with Crippen molar-refractivity contribution in [3.05, 3.63) is 65.7 Å². The Bertz CT molecular complexity index is 921. The maximum Gasteiger partial charge on any atom is 0.240 e. The van der Waals surface area contributed by atoms with Crippen LogP contribution in [-0.2, 0) is 27.7 Å². The molecule has 168 valence electrons. The van der Waals surface area contributed by atoms with E-state index in [2.05, 4.69) is 22.2 Å². The van der Waals surface area contributed by atoms with E-state index in [-0.39, 0.29) is 18.0 Å². The van der Waals surface area contributed by atoms with Crippen LogP contribution >= 0.6 is 0 Å². The number of amides is 1. The third-order valence-electron chi connectivity index (χ3n) is 5.92. The number of sulfonamides is 1. The Kier molecular flexibility index (Phi) is 8.67. The first-order valence-corrected chi connectivity index (χ1v) is 12.9. The Morgan fingerprint density at radius 3 is 2.26 bits per heavy atom. The molecule has 0 unspecified atom stereocenters. The summed E-state index contributed by atoms with van der Waals surface area (Å²) < 4.78 is 28.0. The first kappa shape index (κ1) is 23.5. The zero-order valence-corrected chi connectivity index (χ0v) is 19.2. The van der Waals surface area contributed by atoms with Crippen molar-refractivity contribution in [2.24, 2.45) is 0 Å². The van der Waals surface area contributed by atoms with Crippen LogP contribution < -0.4 is 10.0 Å². The van der Waals surface area contributed by atoms with E-state index in [1.54, 1.807) is 12.1 Å². The van der Waals surface area contributed by atoms with Crippen LogP contribution in [0.25, 0.3) is 0 Å². The average Bonchev–Trinajstić information content (AvgIpc) is 2.78. The van der Waals surface area contributed by atoms with Crippen molar-refractivity contribution >= 4 is 15.9 Å². The van der Waals surface area contributed by atoms with E-state index in [0.717, 1.165) is 44.1 Å². The molecule has 1 fully saturated rings. The van der Waals surface area contributed by atoms with Gasteiger partial charge in [0.25, 0.3) is 0 Å². The van der Waals surface area contributed by atoms with Crippen LogP contribution in [0.5, 0.6) is 0 Å². The van der Waals surface area contributed by atoms with E-state index in [1.165, 1.54) is 12.0 Å². The number of aryl methyl sites for hydroxylation is 2. The predicted molar refractivity (Wildman–Crippen MR) is 124 cm³/mol. The smallest absolute Gasteiger partial charge is 0.240 e. The number of carbonyl (C=O) groups excluding carboxylic acids is 1. The first-order chi connectivity index (χ1) is 14.9. The molecule has 0 aliphatic heterocycles. The molecular formula is C25H34N2O3S. The largest absolute Gasteiger partial charge is 0.354 e. The third-order valence-corrected chi connectivity index (χ3v) is 7.45. The van der Waals surface area contributed by atoms with Gasteiger partial charge in [-0.05, 0) is 62.3 Å². The Labute approximate surface area is 186 Å². The molecule has 6 heteroatoms. The van der Waals surface area contributed by atoms with Gasteiger partial charge in [-0.25, -0.2) is 13.1 Å². The first-order valence-electron chi connectivity index (χ1n) is 11.4. The molecule has 1 amide bonds. The molecule has 0 bridgehead atoms. The van der Waals surface area contributed by atoms with Crippen LogP contribution in [0, 0.1) is 0 Å². The standard InChI is InChI=1S/C25H34N2O3S/c1-20(12-13-21-8-4-2-5-9-21)26-25(28)19-16-22-14-17-24(18-15-22)31(29,30)27-23-10-6-3-7-11-23/h2,4-5,8-9,14-15,17-18,20,23,27H,3,6-7,10-13,16,19H2,1H3,(H,26,28)/t20-/m1/s1. The lowest BCUT2D eigenvalue weighted by molar-refractivity contribution is -0.121. The van der Waals surface area contributed by atoms with Crippen molar-refractivity contribution in [2.75, 3.05) is 0 Å². The molecule has 0 radical (unpaired) electrons. The van der Waals surface area contributed by atoms with Crippen LogP contribution in [0.4, 0.5) is 0 Å². The summed E-state index contributed by atoms with van der Waals surface area (Å²) in [5, 5.41) is 3.06. The fraction of sp³-hybridized carbons (Fsp3) is 0.480. The molecule has 1 aliphatic carbocycles. The Hall–Kier alpha value is -2.18. The lowest BCUT2D eigenvalue weighted by atomic mass is 9.96. The number of carbonyl (C=O) groups is 1. The number of rotatable bonds is 10. The van der Waals surface area contributed by atoms with Gasteiger partial charge in [0.2, 0.25) is 15.9 Å². The molecule has 0 spiro atoms. The third kappa shape index (κ3) is 7.78. The van der Waals surface area contributed by atoms with Gasteiger partial charge in [-0.3, -0.25) is 4.79 Å². The van der Waals surface area contributed by atoms with Crippen LogP contribution in [0.2, 0.25) is 0 Å². The summed E-state index contributed by atoms with van der Waals surface area (Å²) in [5.74, 6) is 0.0243. The van der Waals surface area contributed by atoms with Crippen LogP contribution in [0.3, 0.4) is 0 Å². The van der Waals surface area contributed by atoms with E-state index >= 15 is 0 Å². The van der Waals surface area contributed by atoms with E-state index in [4.69, 9.17) is 0 Å². The Morgan fingerprint density at radius 2 is 1.58 bits per heavy atom.